The molecule has 7 heteroatoms. The number of amides is 2. The number of hydrogen-bond acceptors (Lipinski definition) is 2. The van der Waals surface area contributed by atoms with E-state index < -0.39 is 23.9 Å². The standard InChI is InChI=1S/C13H15F3N2O2/c14-13(15,16)9-3-5-10(6-4-9)18-12(20)17-7-11(19)8-1-2-8/h3-6,8,11,19H,1-2,7H2,(H2,17,18,20). The van der Waals surface area contributed by atoms with Crippen molar-refractivity contribution >= 4 is 11.7 Å². The van der Waals surface area contributed by atoms with Crippen LogP contribution in [0.5, 0.6) is 0 Å². The predicted molar refractivity (Wildman–Crippen MR) is 67.2 cm³/mol. The quantitative estimate of drug-likeness (QED) is 0.797. The SMILES string of the molecule is O=C(NCC(O)C1CC1)Nc1ccc(C(F)(F)F)cc1. The normalized spacial score (nSPS) is 16.6. The molecule has 3 N–H and O–H groups in total. The van der Waals surface area contributed by atoms with Gasteiger partial charge in [-0.3, -0.25) is 0 Å². The molecule has 0 aliphatic heterocycles. The second-order valence-electron chi connectivity index (χ2n) is 4.81. The molecule has 1 aromatic rings. The van der Waals surface area contributed by atoms with Crippen LogP contribution in [0.4, 0.5) is 23.7 Å². The third kappa shape index (κ3) is 4.12. The first kappa shape index (κ1) is 14.6. The van der Waals surface area contributed by atoms with Crippen LogP contribution in [-0.4, -0.2) is 23.8 Å². The zero-order valence-corrected chi connectivity index (χ0v) is 10.6. The molecule has 1 atom stereocenters. The lowest BCUT2D eigenvalue weighted by atomic mass is 10.2. The number of carbonyl (C=O) groups excluding carboxylic acids is 1. The Morgan fingerprint density at radius 3 is 2.40 bits per heavy atom. The molecule has 0 heterocycles. The van der Waals surface area contributed by atoms with Crippen molar-refractivity contribution in [2.24, 2.45) is 5.92 Å². The van der Waals surface area contributed by atoms with Crippen LogP contribution in [0.1, 0.15) is 18.4 Å². The Hall–Kier alpha value is -1.76. The van der Waals surface area contributed by atoms with E-state index in [-0.39, 0.29) is 18.2 Å². The molecule has 4 nitrogen and oxygen atoms in total. The molecule has 0 radical (unpaired) electrons. The third-order valence-electron chi connectivity index (χ3n) is 3.11. The molecule has 1 aliphatic carbocycles. The predicted octanol–water partition coefficient (Wildman–Crippen LogP) is 2.60. The second kappa shape index (κ2) is 5.70. The Balaban J connectivity index is 1.81. The van der Waals surface area contributed by atoms with Crippen molar-refractivity contribution in [2.75, 3.05) is 11.9 Å². The number of urea groups is 1. The summed E-state index contributed by atoms with van der Waals surface area (Å²) in [5.74, 6) is 0.251. The van der Waals surface area contributed by atoms with Crippen molar-refractivity contribution in [3.05, 3.63) is 29.8 Å². The Labute approximate surface area is 114 Å². The number of hydrogen-bond donors (Lipinski definition) is 3. The lowest BCUT2D eigenvalue weighted by Crippen LogP contribution is -2.36. The van der Waals surface area contributed by atoms with Crippen molar-refractivity contribution in [2.45, 2.75) is 25.1 Å². The number of anilines is 1. The molecule has 1 unspecified atom stereocenters. The highest BCUT2D eigenvalue weighted by atomic mass is 19.4. The van der Waals surface area contributed by atoms with Crippen LogP contribution in [0.25, 0.3) is 0 Å². The average molecular weight is 288 g/mol. The van der Waals surface area contributed by atoms with E-state index in [1.807, 2.05) is 0 Å². The number of carbonyl (C=O) groups is 1. The van der Waals surface area contributed by atoms with E-state index in [1.54, 1.807) is 0 Å². The van der Waals surface area contributed by atoms with Gasteiger partial charge in [0.15, 0.2) is 0 Å². The molecule has 0 bridgehead atoms. The van der Waals surface area contributed by atoms with Gasteiger partial charge in [0.2, 0.25) is 0 Å². The van der Waals surface area contributed by atoms with E-state index in [2.05, 4.69) is 10.6 Å². The Morgan fingerprint density at radius 2 is 1.90 bits per heavy atom. The van der Waals surface area contributed by atoms with Crippen molar-refractivity contribution in [3.63, 3.8) is 0 Å². The van der Waals surface area contributed by atoms with Crippen LogP contribution >= 0.6 is 0 Å². The summed E-state index contributed by atoms with van der Waals surface area (Å²) < 4.78 is 37.0. The summed E-state index contributed by atoms with van der Waals surface area (Å²) in [4.78, 5) is 11.5. The van der Waals surface area contributed by atoms with Gasteiger partial charge in [0, 0.05) is 12.2 Å². The maximum absolute atomic E-state index is 12.3. The van der Waals surface area contributed by atoms with Gasteiger partial charge in [-0.2, -0.15) is 13.2 Å². The minimum atomic E-state index is -4.39. The lowest BCUT2D eigenvalue weighted by Gasteiger charge is -2.12. The number of alkyl halides is 3. The van der Waals surface area contributed by atoms with E-state index in [4.69, 9.17) is 0 Å². The highest BCUT2D eigenvalue weighted by Gasteiger charge is 2.30. The Kier molecular flexibility index (Phi) is 4.17. The molecule has 20 heavy (non-hydrogen) atoms. The molecule has 2 rings (SSSR count). The van der Waals surface area contributed by atoms with E-state index >= 15 is 0 Å². The maximum Gasteiger partial charge on any atom is 0.416 e. The Bertz CT molecular complexity index is 469. The topological polar surface area (TPSA) is 61.4 Å². The molecule has 0 spiro atoms. The molecule has 1 aromatic carbocycles. The third-order valence-corrected chi connectivity index (χ3v) is 3.11. The van der Waals surface area contributed by atoms with Gasteiger partial charge < -0.3 is 15.7 Å². The summed E-state index contributed by atoms with van der Waals surface area (Å²) in [6.07, 6.45) is -3.03. The summed E-state index contributed by atoms with van der Waals surface area (Å²) in [5.41, 5.74) is -0.510. The molecular formula is C13H15F3N2O2. The van der Waals surface area contributed by atoms with E-state index in [9.17, 15) is 23.1 Å². The maximum atomic E-state index is 12.3. The van der Waals surface area contributed by atoms with Gasteiger partial charge in [-0.05, 0) is 43.0 Å². The zero-order chi connectivity index (χ0) is 14.8. The number of aliphatic hydroxyl groups is 1. The Morgan fingerprint density at radius 1 is 1.30 bits per heavy atom. The highest BCUT2D eigenvalue weighted by molar-refractivity contribution is 5.89. The summed E-state index contributed by atoms with van der Waals surface area (Å²) in [6, 6.07) is 3.60. The number of benzene rings is 1. The number of rotatable bonds is 4. The van der Waals surface area contributed by atoms with Gasteiger partial charge in [-0.25, -0.2) is 4.79 Å². The monoisotopic (exact) mass is 288 g/mol. The second-order valence-corrected chi connectivity index (χ2v) is 4.81. The minimum absolute atomic E-state index is 0.136. The van der Waals surface area contributed by atoms with Crippen molar-refractivity contribution in [3.8, 4) is 0 Å². The van der Waals surface area contributed by atoms with Crippen LogP contribution < -0.4 is 10.6 Å². The van der Waals surface area contributed by atoms with Crippen molar-refractivity contribution in [1.82, 2.24) is 5.32 Å². The van der Waals surface area contributed by atoms with Gasteiger partial charge in [0.25, 0.3) is 0 Å². The van der Waals surface area contributed by atoms with E-state index in [1.165, 1.54) is 12.1 Å². The molecule has 0 saturated heterocycles. The molecule has 0 aromatic heterocycles. The fraction of sp³-hybridized carbons (Fsp3) is 0.462. The molecule has 1 aliphatic rings. The smallest absolute Gasteiger partial charge is 0.391 e. The van der Waals surface area contributed by atoms with Crippen molar-refractivity contribution < 1.29 is 23.1 Å². The molecule has 2 amide bonds. The molecule has 1 fully saturated rings. The zero-order valence-electron chi connectivity index (χ0n) is 10.6. The number of halogens is 3. The number of nitrogens with one attached hydrogen (secondary N) is 2. The van der Waals surface area contributed by atoms with Gasteiger partial charge >= 0.3 is 12.2 Å². The van der Waals surface area contributed by atoms with Crippen molar-refractivity contribution in [1.29, 1.82) is 0 Å². The molecular weight excluding hydrogens is 273 g/mol. The summed E-state index contributed by atoms with van der Waals surface area (Å²) >= 11 is 0. The highest BCUT2D eigenvalue weighted by Crippen LogP contribution is 2.32. The van der Waals surface area contributed by atoms with Crippen LogP contribution in [0.3, 0.4) is 0 Å². The van der Waals surface area contributed by atoms with Crippen LogP contribution in [-0.2, 0) is 6.18 Å². The van der Waals surface area contributed by atoms with E-state index in [0.29, 0.717) is 0 Å². The summed E-state index contributed by atoms with van der Waals surface area (Å²) in [7, 11) is 0. The first-order valence-electron chi connectivity index (χ1n) is 6.26. The fourth-order valence-electron chi connectivity index (χ4n) is 1.76. The van der Waals surface area contributed by atoms with E-state index in [0.717, 1.165) is 25.0 Å². The molecule has 110 valence electrons. The summed E-state index contributed by atoms with van der Waals surface area (Å²) in [6.45, 7) is 0.136. The van der Waals surface area contributed by atoms with Gasteiger partial charge in [0.1, 0.15) is 0 Å². The van der Waals surface area contributed by atoms with Gasteiger partial charge in [0.05, 0.1) is 11.7 Å². The number of aliphatic hydroxyl groups excluding tert-OH is 1. The van der Waals surface area contributed by atoms with Crippen LogP contribution in [0.15, 0.2) is 24.3 Å². The minimum Gasteiger partial charge on any atom is -0.391 e. The fourth-order valence-corrected chi connectivity index (χ4v) is 1.76. The van der Waals surface area contributed by atoms with Crippen LogP contribution in [0.2, 0.25) is 0 Å². The first-order valence-corrected chi connectivity index (χ1v) is 6.26. The average Bonchev–Trinajstić information content (AvgIpc) is 3.20. The van der Waals surface area contributed by atoms with Crippen LogP contribution in [0, 0.1) is 5.92 Å². The summed E-state index contributed by atoms with van der Waals surface area (Å²) in [5, 5.41) is 14.4. The molecule has 1 saturated carbocycles. The van der Waals surface area contributed by atoms with Gasteiger partial charge in [-0.1, -0.05) is 0 Å². The largest absolute Gasteiger partial charge is 0.416 e. The lowest BCUT2D eigenvalue weighted by molar-refractivity contribution is -0.137. The first-order chi connectivity index (χ1) is 9.36. The van der Waals surface area contributed by atoms with Gasteiger partial charge in [-0.15, -0.1) is 0 Å².